The molecule has 0 saturated carbocycles. The summed E-state index contributed by atoms with van der Waals surface area (Å²) in [5, 5.41) is 4.40. The lowest BCUT2D eigenvalue weighted by Gasteiger charge is -2.18. The van der Waals surface area contributed by atoms with Crippen LogP contribution in [0.25, 0.3) is 22.2 Å². The average molecular weight is 417 g/mol. The van der Waals surface area contributed by atoms with Gasteiger partial charge in [0, 0.05) is 60.3 Å². The largest absolute Gasteiger partial charge is 0.497 e. The van der Waals surface area contributed by atoms with Crippen LogP contribution in [0.1, 0.15) is 0 Å². The maximum absolute atomic E-state index is 13.7. The highest BCUT2D eigenvalue weighted by molar-refractivity contribution is 5.96. The van der Waals surface area contributed by atoms with Crippen LogP contribution in [0.2, 0.25) is 0 Å². The fourth-order valence-corrected chi connectivity index (χ4v) is 3.50. The van der Waals surface area contributed by atoms with Crippen LogP contribution in [-0.4, -0.2) is 33.3 Å². The number of benzene rings is 3. The number of pyridine rings is 1. The van der Waals surface area contributed by atoms with Crippen molar-refractivity contribution in [3.63, 3.8) is 0 Å². The van der Waals surface area contributed by atoms with Gasteiger partial charge in [0.05, 0.1) is 25.4 Å². The Morgan fingerprint density at radius 1 is 0.839 bits per heavy atom. The van der Waals surface area contributed by atoms with Crippen molar-refractivity contribution in [2.75, 3.05) is 38.5 Å². The number of nitrogens with one attached hydrogen (secondary N) is 1. The minimum absolute atomic E-state index is 0.279. The Kier molecular flexibility index (Phi) is 5.62. The molecule has 1 heterocycles. The van der Waals surface area contributed by atoms with Gasteiger partial charge in [0.1, 0.15) is 17.3 Å². The first-order valence-electron chi connectivity index (χ1n) is 9.85. The molecule has 0 atom stereocenters. The second-order valence-corrected chi connectivity index (χ2v) is 7.39. The van der Waals surface area contributed by atoms with E-state index in [0.29, 0.717) is 11.5 Å². The molecule has 0 spiro atoms. The van der Waals surface area contributed by atoms with E-state index in [1.807, 2.05) is 61.5 Å². The quantitative estimate of drug-likeness (QED) is 0.425. The van der Waals surface area contributed by atoms with E-state index in [1.165, 1.54) is 12.1 Å². The Morgan fingerprint density at radius 2 is 1.58 bits per heavy atom. The molecule has 0 aliphatic carbocycles. The molecule has 0 radical (unpaired) electrons. The minimum atomic E-state index is -0.279. The average Bonchev–Trinajstić information content (AvgIpc) is 2.77. The summed E-state index contributed by atoms with van der Waals surface area (Å²) in [7, 11) is 7.22. The third-order valence-electron chi connectivity index (χ3n) is 5.03. The van der Waals surface area contributed by atoms with Gasteiger partial charge in [-0.15, -0.1) is 0 Å². The van der Waals surface area contributed by atoms with Gasteiger partial charge >= 0.3 is 0 Å². The first-order chi connectivity index (χ1) is 15.0. The summed E-state index contributed by atoms with van der Waals surface area (Å²) in [5.74, 6) is 1.13. The molecule has 4 aromatic rings. The molecule has 4 rings (SSSR count). The number of fused-ring (bicyclic) bond motifs is 1. The maximum atomic E-state index is 13.7. The number of anilines is 3. The molecule has 6 heteroatoms. The van der Waals surface area contributed by atoms with Gasteiger partial charge < -0.3 is 19.7 Å². The molecule has 3 aromatic carbocycles. The van der Waals surface area contributed by atoms with Crippen LogP contribution < -0.4 is 19.7 Å². The summed E-state index contributed by atoms with van der Waals surface area (Å²) in [6.45, 7) is 0. The minimum Gasteiger partial charge on any atom is -0.497 e. The third kappa shape index (κ3) is 4.38. The third-order valence-corrected chi connectivity index (χ3v) is 5.03. The number of hydrogen-bond donors (Lipinski definition) is 1. The number of halogens is 1. The van der Waals surface area contributed by atoms with Crippen molar-refractivity contribution in [2.45, 2.75) is 0 Å². The number of nitrogens with zero attached hydrogens (tertiary/aromatic N) is 2. The fraction of sp³-hybridized carbons (Fsp3) is 0.160. The van der Waals surface area contributed by atoms with Gasteiger partial charge in [0.25, 0.3) is 0 Å². The molecular formula is C25H24FN3O2. The van der Waals surface area contributed by atoms with Crippen LogP contribution in [0.4, 0.5) is 21.5 Å². The van der Waals surface area contributed by atoms with Crippen molar-refractivity contribution in [2.24, 2.45) is 0 Å². The highest BCUT2D eigenvalue weighted by Crippen LogP contribution is 2.34. The van der Waals surface area contributed by atoms with Gasteiger partial charge in [-0.2, -0.15) is 0 Å². The van der Waals surface area contributed by atoms with Crippen LogP contribution in [0.3, 0.4) is 0 Å². The van der Waals surface area contributed by atoms with Crippen LogP contribution in [0, 0.1) is 5.82 Å². The number of rotatable bonds is 6. The Balaban J connectivity index is 1.77. The van der Waals surface area contributed by atoms with E-state index in [0.717, 1.165) is 39.2 Å². The molecule has 1 N–H and O–H groups in total. The lowest BCUT2D eigenvalue weighted by molar-refractivity contribution is 0.395. The molecule has 5 nitrogen and oxygen atoms in total. The summed E-state index contributed by atoms with van der Waals surface area (Å²) in [5.41, 5.74) is 5.07. The van der Waals surface area contributed by atoms with Crippen LogP contribution >= 0.6 is 0 Å². The zero-order valence-corrected chi connectivity index (χ0v) is 17.9. The van der Waals surface area contributed by atoms with Gasteiger partial charge in [-0.25, -0.2) is 9.37 Å². The fourth-order valence-electron chi connectivity index (χ4n) is 3.50. The summed E-state index contributed by atoms with van der Waals surface area (Å²) in [6.07, 6.45) is 0. The molecule has 0 fully saturated rings. The zero-order chi connectivity index (χ0) is 22.0. The van der Waals surface area contributed by atoms with Gasteiger partial charge in [-0.3, -0.25) is 0 Å². The second-order valence-electron chi connectivity index (χ2n) is 7.39. The molecule has 0 amide bonds. The highest BCUT2D eigenvalue weighted by atomic mass is 19.1. The van der Waals surface area contributed by atoms with E-state index >= 15 is 0 Å². The topological polar surface area (TPSA) is 46.6 Å². The van der Waals surface area contributed by atoms with Crippen LogP contribution in [0.15, 0.2) is 66.7 Å². The summed E-state index contributed by atoms with van der Waals surface area (Å²) < 4.78 is 24.4. The first kappa shape index (κ1) is 20.5. The Labute approximate surface area is 181 Å². The Hall–Kier alpha value is -3.80. The summed E-state index contributed by atoms with van der Waals surface area (Å²) in [4.78, 5) is 6.80. The van der Waals surface area contributed by atoms with E-state index in [4.69, 9.17) is 14.5 Å². The highest BCUT2D eigenvalue weighted by Gasteiger charge is 2.11. The Bertz CT molecular complexity index is 1220. The molecule has 158 valence electrons. The van der Waals surface area contributed by atoms with Gasteiger partial charge in [-0.1, -0.05) is 12.1 Å². The molecule has 0 aliphatic rings. The molecule has 0 bridgehead atoms. The summed E-state index contributed by atoms with van der Waals surface area (Å²) >= 11 is 0. The predicted molar refractivity (Wildman–Crippen MR) is 124 cm³/mol. The summed E-state index contributed by atoms with van der Waals surface area (Å²) in [6, 6.07) is 20.1. The molecule has 1 aromatic heterocycles. The van der Waals surface area contributed by atoms with Crippen LogP contribution in [0.5, 0.6) is 11.5 Å². The van der Waals surface area contributed by atoms with Crippen molar-refractivity contribution >= 4 is 28.0 Å². The van der Waals surface area contributed by atoms with E-state index in [-0.39, 0.29) is 5.82 Å². The van der Waals surface area contributed by atoms with Crippen molar-refractivity contribution < 1.29 is 13.9 Å². The standard InChI is InChI=1S/C25H24FN3O2/c1-29(2)25-15-24(16-6-5-7-17(26)10-16)28-23-9-8-18(13-22(23)25)27-19-11-20(30-3)14-21(12-19)31-4/h5-15,27H,1-4H3. The maximum Gasteiger partial charge on any atom is 0.124 e. The lowest BCUT2D eigenvalue weighted by atomic mass is 10.1. The molecule has 0 aliphatic heterocycles. The van der Waals surface area contributed by atoms with E-state index in [9.17, 15) is 4.39 Å². The number of hydrogen-bond acceptors (Lipinski definition) is 5. The SMILES string of the molecule is COc1cc(Nc2ccc3nc(-c4cccc(F)c4)cc(N(C)C)c3c2)cc(OC)c1. The van der Waals surface area contributed by atoms with Gasteiger partial charge in [0.2, 0.25) is 0 Å². The molecular weight excluding hydrogens is 393 g/mol. The van der Waals surface area contributed by atoms with Crippen molar-refractivity contribution in [1.29, 1.82) is 0 Å². The smallest absolute Gasteiger partial charge is 0.124 e. The molecule has 31 heavy (non-hydrogen) atoms. The number of methoxy groups -OCH3 is 2. The predicted octanol–water partition coefficient (Wildman–Crippen LogP) is 5.87. The van der Waals surface area contributed by atoms with Crippen molar-refractivity contribution in [3.05, 3.63) is 72.5 Å². The van der Waals surface area contributed by atoms with Crippen molar-refractivity contribution in [3.8, 4) is 22.8 Å². The van der Waals surface area contributed by atoms with E-state index in [1.54, 1.807) is 20.3 Å². The number of aromatic nitrogens is 1. The molecule has 0 saturated heterocycles. The van der Waals surface area contributed by atoms with Crippen LogP contribution in [-0.2, 0) is 0 Å². The molecule has 0 unspecified atom stereocenters. The Morgan fingerprint density at radius 3 is 2.23 bits per heavy atom. The van der Waals surface area contributed by atoms with Crippen molar-refractivity contribution in [1.82, 2.24) is 4.98 Å². The zero-order valence-electron chi connectivity index (χ0n) is 17.9. The van der Waals surface area contributed by atoms with Gasteiger partial charge in [-0.05, 0) is 36.4 Å². The van der Waals surface area contributed by atoms with Gasteiger partial charge in [0.15, 0.2) is 0 Å². The number of ether oxygens (including phenoxy) is 2. The lowest BCUT2D eigenvalue weighted by Crippen LogP contribution is -2.10. The van der Waals surface area contributed by atoms with E-state index < -0.39 is 0 Å². The van der Waals surface area contributed by atoms with E-state index in [2.05, 4.69) is 11.4 Å². The second kappa shape index (κ2) is 8.52. The monoisotopic (exact) mass is 417 g/mol. The normalized spacial score (nSPS) is 10.7. The first-order valence-corrected chi connectivity index (χ1v) is 9.85.